The van der Waals surface area contributed by atoms with Crippen LogP contribution in [0.15, 0.2) is 77.9 Å². The molecule has 0 saturated carbocycles. The summed E-state index contributed by atoms with van der Waals surface area (Å²) in [5, 5.41) is 2.43. The number of benzene rings is 3. The lowest BCUT2D eigenvalue weighted by Crippen LogP contribution is -2.13. The molecule has 0 bridgehead atoms. The fourth-order valence-electron chi connectivity index (χ4n) is 3.35. The van der Waals surface area contributed by atoms with E-state index in [2.05, 4.69) is 6.58 Å². The van der Waals surface area contributed by atoms with E-state index in [9.17, 15) is 4.79 Å². The monoisotopic (exact) mass is 390 g/mol. The summed E-state index contributed by atoms with van der Waals surface area (Å²) in [4.78, 5) is 12.3. The fourth-order valence-corrected chi connectivity index (χ4v) is 3.57. The maximum absolute atomic E-state index is 12.3. The average molecular weight is 391 g/mol. The predicted octanol–water partition coefficient (Wildman–Crippen LogP) is 6.33. The smallest absolute Gasteiger partial charge is 0.338 e. The number of ether oxygens (including phenoxy) is 2. The largest absolute Gasteiger partial charge is 0.456 e. The molecule has 0 spiro atoms. The lowest BCUT2D eigenvalue weighted by Gasteiger charge is -2.24. The van der Waals surface area contributed by atoms with Crippen molar-refractivity contribution in [2.75, 3.05) is 0 Å². The molecule has 0 amide bonds. The van der Waals surface area contributed by atoms with Crippen molar-refractivity contribution < 1.29 is 14.3 Å². The summed E-state index contributed by atoms with van der Waals surface area (Å²) in [6.07, 6.45) is 3.07. The Hall–Kier alpha value is -3.04. The fraction of sp³-hybridized carbons (Fsp3) is 0.125. The van der Waals surface area contributed by atoms with Crippen molar-refractivity contribution >= 4 is 28.3 Å². The highest BCUT2D eigenvalue weighted by Gasteiger charge is 2.25. The second-order valence-corrected chi connectivity index (χ2v) is 7.26. The van der Waals surface area contributed by atoms with Gasteiger partial charge in [-0.05, 0) is 25.5 Å². The SMILES string of the molecule is C=C(C)C(=O)Oc1c2c(c(Oc3ccccc3)c3ccccc13)CC=C(Cl)C2. The van der Waals surface area contributed by atoms with Crippen LogP contribution in [0.2, 0.25) is 0 Å². The van der Waals surface area contributed by atoms with E-state index >= 15 is 0 Å². The number of rotatable bonds is 4. The Balaban J connectivity index is 1.96. The van der Waals surface area contributed by atoms with Crippen molar-refractivity contribution in [3.63, 3.8) is 0 Å². The highest BCUT2D eigenvalue weighted by Crippen LogP contribution is 2.45. The van der Waals surface area contributed by atoms with E-state index in [4.69, 9.17) is 21.1 Å². The van der Waals surface area contributed by atoms with Gasteiger partial charge in [0.2, 0.25) is 0 Å². The molecule has 3 nitrogen and oxygen atoms in total. The molecule has 0 aliphatic heterocycles. The Labute approximate surface area is 168 Å². The van der Waals surface area contributed by atoms with Crippen molar-refractivity contribution in [3.8, 4) is 17.2 Å². The summed E-state index contributed by atoms with van der Waals surface area (Å²) in [7, 11) is 0. The molecule has 140 valence electrons. The van der Waals surface area contributed by atoms with E-state index < -0.39 is 5.97 Å². The molecular weight excluding hydrogens is 372 g/mol. The highest BCUT2D eigenvalue weighted by atomic mass is 35.5. The van der Waals surface area contributed by atoms with Gasteiger partial charge in [0.05, 0.1) is 0 Å². The lowest BCUT2D eigenvalue weighted by molar-refractivity contribution is -0.130. The number of carbonyl (C=O) groups excluding carboxylic acids is 1. The van der Waals surface area contributed by atoms with Crippen LogP contribution < -0.4 is 9.47 Å². The maximum Gasteiger partial charge on any atom is 0.338 e. The minimum absolute atomic E-state index is 0.347. The molecule has 0 aromatic heterocycles. The van der Waals surface area contributed by atoms with Crippen molar-refractivity contribution in [1.29, 1.82) is 0 Å². The summed E-state index contributed by atoms with van der Waals surface area (Å²) >= 11 is 6.34. The maximum atomic E-state index is 12.3. The molecule has 4 heteroatoms. The number of allylic oxidation sites excluding steroid dienone is 2. The predicted molar refractivity (Wildman–Crippen MR) is 112 cm³/mol. The number of carbonyl (C=O) groups is 1. The van der Waals surface area contributed by atoms with Gasteiger partial charge in [0.15, 0.2) is 0 Å². The minimum Gasteiger partial charge on any atom is -0.456 e. The number of hydrogen-bond donors (Lipinski definition) is 0. The zero-order valence-corrected chi connectivity index (χ0v) is 16.3. The summed E-state index contributed by atoms with van der Waals surface area (Å²) in [6.45, 7) is 5.33. The number of fused-ring (bicyclic) bond motifs is 2. The highest BCUT2D eigenvalue weighted by molar-refractivity contribution is 6.30. The third kappa shape index (κ3) is 3.41. The van der Waals surface area contributed by atoms with Crippen LogP contribution in [0.3, 0.4) is 0 Å². The van der Waals surface area contributed by atoms with Crippen LogP contribution in [0.1, 0.15) is 18.1 Å². The van der Waals surface area contributed by atoms with E-state index in [-0.39, 0.29) is 0 Å². The lowest BCUT2D eigenvalue weighted by atomic mass is 9.90. The molecule has 1 aliphatic rings. The third-order valence-electron chi connectivity index (χ3n) is 4.71. The summed E-state index contributed by atoms with van der Waals surface area (Å²) < 4.78 is 12.1. The second-order valence-electron chi connectivity index (χ2n) is 6.78. The van der Waals surface area contributed by atoms with Gasteiger partial charge >= 0.3 is 5.97 Å². The Morgan fingerprint density at radius 2 is 1.61 bits per heavy atom. The molecule has 0 unspecified atom stereocenters. The van der Waals surface area contributed by atoms with Crippen LogP contribution in [-0.4, -0.2) is 5.97 Å². The van der Waals surface area contributed by atoms with Gasteiger partial charge in [-0.3, -0.25) is 0 Å². The topological polar surface area (TPSA) is 35.5 Å². The molecule has 0 saturated heterocycles. The van der Waals surface area contributed by atoms with E-state index in [1.807, 2.05) is 60.7 Å². The van der Waals surface area contributed by atoms with Crippen molar-refractivity contribution in [1.82, 2.24) is 0 Å². The summed E-state index contributed by atoms with van der Waals surface area (Å²) in [5.74, 6) is 1.61. The molecule has 1 aliphatic carbocycles. The molecule has 3 aromatic carbocycles. The van der Waals surface area contributed by atoms with Crippen molar-refractivity contribution in [2.45, 2.75) is 19.8 Å². The van der Waals surface area contributed by atoms with Gasteiger partial charge in [-0.2, -0.15) is 0 Å². The van der Waals surface area contributed by atoms with Gasteiger partial charge in [-0.15, -0.1) is 0 Å². The first-order valence-corrected chi connectivity index (χ1v) is 9.44. The zero-order chi connectivity index (χ0) is 19.7. The average Bonchev–Trinajstić information content (AvgIpc) is 2.71. The molecule has 0 radical (unpaired) electrons. The number of esters is 1. The van der Waals surface area contributed by atoms with Crippen molar-refractivity contribution in [2.24, 2.45) is 0 Å². The first-order valence-electron chi connectivity index (χ1n) is 9.06. The quantitative estimate of drug-likeness (QED) is 0.296. The van der Waals surface area contributed by atoms with Gasteiger partial charge < -0.3 is 9.47 Å². The first-order chi connectivity index (χ1) is 13.5. The number of hydrogen-bond acceptors (Lipinski definition) is 3. The molecule has 0 atom stereocenters. The molecule has 3 aromatic rings. The molecule has 0 fully saturated rings. The Bertz CT molecular complexity index is 1110. The van der Waals surface area contributed by atoms with Crippen LogP contribution in [0.4, 0.5) is 0 Å². The minimum atomic E-state index is -0.449. The van der Waals surface area contributed by atoms with E-state index in [1.165, 1.54) is 0 Å². The second kappa shape index (κ2) is 7.53. The molecule has 28 heavy (non-hydrogen) atoms. The molecule has 0 N–H and O–H groups in total. The van der Waals surface area contributed by atoms with Crippen LogP contribution >= 0.6 is 11.6 Å². The van der Waals surface area contributed by atoms with Crippen molar-refractivity contribution in [3.05, 3.63) is 89.0 Å². The molecular formula is C24H19ClO3. The van der Waals surface area contributed by atoms with Crippen LogP contribution in [0.5, 0.6) is 17.2 Å². The Kier molecular flexibility index (Phi) is 4.93. The third-order valence-corrected chi connectivity index (χ3v) is 5.00. The summed E-state index contributed by atoms with van der Waals surface area (Å²) in [5.41, 5.74) is 2.21. The molecule has 4 rings (SSSR count). The van der Waals surface area contributed by atoms with Crippen LogP contribution in [-0.2, 0) is 17.6 Å². The number of para-hydroxylation sites is 1. The molecule has 0 heterocycles. The van der Waals surface area contributed by atoms with Gasteiger partial charge in [0.25, 0.3) is 0 Å². The van der Waals surface area contributed by atoms with Gasteiger partial charge in [0, 0.05) is 38.9 Å². The Morgan fingerprint density at radius 1 is 0.964 bits per heavy atom. The van der Waals surface area contributed by atoms with Crippen LogP contribution in [0, 0.1) is 0 Å². The van der Waals surface area contributed by atoms with Crippen LogP contribution in [0.25, 0.3) is 10.8 Å². The van der Waals surface area contributed by atoms with E-state index in [0.29, 0.717) is 24.2 Å². The Morgan fingerprint density at radius 3 is 2.29 bits per heavy atom. The zero-order valence-electron chi connectivity index (χ0n) is 15.5. The number of halogens is 1. The van der Waals surface area contributed by atoms with E-state index in [1.54, 1.807) is 6.92 Å². The van der Waals surface area contributed by atoms with Gasteiger partial charge in [0.1, 0.15) is 17.2 Å². The normalized spacial score (nSPS) is 12.9. The van der Waals surface area contributed by atoms with E-state index in [0.717, 1.165) is 38.4 Å². The summed E-state index contributed by atoms with van der Waals surface area (Å²) in [6, 6.07) is 17.4. The standard InChI is InChI=1S/C24H19ClO3/c1-15(2)24(26)28-23-19-11-7-6-10-18(19)22(27-17-8-4-3-5-9-17)20-13-12-16(25)14-21(20)23/h3-12H,1,13-14H2,2H3. The first kappa shape index (κ1) is 18.3. The van der Waals surface area contributed by atoms with Gasteiger partial charge in [-0.1, -0.05) is 66.7 Å². The van der Waals surface area contributed by atoms with Gasteiger partial charge in [-0.25, -0.2) is 4.79 Å².